The highest BCUT2D eigenvalue weighted by Gasteiger charge is 2.24. The van der Waals surface area contributed by atoms with Gasteiger partial charge in [-0.25, -0.2) is 8.42 Å². The van der Waals surface area contributed by atoms with Gasteiger partial charge in [-0.1, -0.05) is 11.6 Å². The second-order valence-corrected chi connectivity index (χ2v) is 6.91. The number of anilines is 1. The monoisotopic (exact) mass is 314 g/mol. The van der Waals surface area contributed by atoms with Crippen LogP contribution in [-0.4, -0.2) is 19.8 Å². The zero-order valence-corrected chi connectivity index (χ0v) is 12.7. The molecule has 1 heterocycles. The van der Waals surface area contributed by atoms with E-state index in [2.05, 4.69) is 0 Å². The predicted octanol–water partition coefficient (Wildman–Crippen LogP) is 2.64. The van der Waals surface area contributed by atoms with Crippen LogP contribution in [0.5, 0.6) is 0 Å². The van der Waals surface area contributed by atoms with Crippen molar-refractivity contribution in [1.82, 2.24) is 4.31 Å². The van der Waals surface area contributed by atoms with Gasteiger partial charge in [0.25, 0.3) is 0 Å². The molecule has 20 heavy (non-hydrogen) atoms. The summed E-state index contributed by atoms with van der Waals surface area (Å²) in [5, 5.41) is 0.394. The van der Waals surface area contributed by atoms with E-state index < -0.39 is 10.0 Å². The summed E-state index contributed by atoms with van der Waals surface area (Å²) in [5.41, 5.74) is 5.85. The van der Waals surface area contributed by atoms with E-state index in [0.29, 0.717) is 10.8 Å². The van der Waals surface area contributed by atoms with Crippen LogP contribution < -0.4 is 5.73 Å². The molecule has 0 unspecified atom stereocenters. The Morgan fingerprint density at radius 1 is 1.30 bits per heavy atom. The van der Waals surface area contributed by atoms with Gasteiger partial charge < -0.3 is 10.2 Å². The van der Waals surface area contributed by atoms with E-state index in [1.54, 1.807) is 19.1 Å². The Kier molecular flexibility index (Phi) is 4.08. The van der Waals surface area contributed by atoms with Crippen LogP contribution in [0.15, 0.2) is 39.6 Å². The summed E-state index contributed by atoms with van der Waals surface area (Å²) in [4.78, 5) is 0.0349. The first-order valence-electron chi connectivity index (χ1n) is 5.87. The quantitative estimate of drug-likeness (QED) is 0.880. The van der Waals surface area contributed by atoms with E-state index in [0.717, 1.165) is 5.76 Å². The lowest BCUT2D eigenvalue weighted by molar-refractivity contribution is 0.397. The number of aryl methyl sites for hydroxylation is 1. The van der Waals surface area contributed by atoms with Gasteiger partial charge in [0.1, 0.15) is 16.4 Å². The maximum absolute atomic E-state index is 12.4. The first-order chi connectivity index (χ1) is 9.30. The number of nitrogens with two attached hydrogens (primary N) is 1. The zero-order valence-electron chi connectivity index (χ0n) is 11.1. The van der Waals surface area contributed by atoms with Gasteiger partial charge in [0, 0.05) is 12.1 Å². The van der Waals surface area contributed by atoms with Crippen molar-refractivity contribution in [1.29, 1.82) is 0 Å². The molecule has 0 spiro atoms. The summed E-state index contributed by atoms with van der Waals surface area (Å²) in [7, 11) is -2.21. The summed E-state index contributed by atoms with van der Waals surface area (Å²) in [6.45, 7) is 1.94. The van der Waals surface area contributed by atoms with Crippen molar-refractivity contribution in [3.63, 3.8) is 0 Å². The molecule has 1 aromatic heterocycles. The van der Waals surface area contributed by atoms with E-state index in [1.165, 1.54) is 29.6 Å². The summed E-state index contributed by atoms with van der Waals surface area (Å²) in [6.07, 6.45) is 0. The Hall–Kier alpha value is -1.50. The molecule has 1 aromatic carbocycles. The molecule has 108 valence electrons. The molecule has 2 aromatic rings. The van der Waals surface area contributed by atoms with E-state index in [4.69, 9.17) is 21.8 Å². The third kappa shape index (κ3) is 2.98. The maximum Gasteiger partial charge on any atom is 0.245 e. The first-order valence-corrected chi connectivity index (χ1v) is 7.69. The van der Waals surface area contributed by atoms with Crippen LogP contribution in [-0.2, 0) is 16.6 Å². The molecule has 5 nitrogen and oxygen atoms in total. The van der Waals surface area contributed by atoms with Crippen LogP contribution in [0.4, 0.5) is 5.69 Å². The normalized spacial score (nSPS) is 12.0. The lowest BCUT2D eigenvalue weighted by atomic mass is 10.3. The van der Waals surface area contributed by atoms with Gasteiger partial charge in [0.2, 0.25) is 10.0 Å². The second-order valence-electron chi connectivity index (χ2n) is 4.46. The number of hydrogen-bond acceptors (Lipinski definition) is 4. The summed E-state index contributed by atoms with van der Waals surface area (Å²) < 4.78 is 31.4. The number of nitrogens with zero attached hydrogens (tertiary/aromatic N) is 1. The number of hydrogen-bond donors (Lipinski definition) is 1. The Morgan fingerprint density at radius 3 is 2.55 bits per heavy atom. The molecule has 0 aliphatic heterocycles. The predicted molar refractivity (Wildman–Crippen MR) is 78.0 cm³/mol. The Morgan fingerprint density at radius 2 is 2.00 bits per heavy atom. The summed E-state index contributed by atoms with van der Waals surface area (Å²) in [6, 6.07) is 7.84. The van der Waals surface area contributed by atoms with E-state index in [1.807, 2.05) is 0 Å². The smallest absolute Gasteiger partial charge is 0.245 e. The fraction of sp³-hybridized carbons (Fsp3) is 0.231. The molecule has 7 heteroatoms. The highest BCUT2D eigenvalue weighted by molar-refractivity contribution is 7.89. The number of halogens is 1. The van der Waals surface area contributed by atoms with Crippen LogP contribution in [0.25, 0.3) is 0 Å². The van der Waals surface area contributed by atoms with Crippen molar-refractivity contribution in [2.45, 2.75) is 18.4 Å². The minimum atomic E-state index is -3.69. The number of sulfonamides is 1. The Balaban J connectivity index is 2.29. The van der Waals surface area contributed by atoms with Crippen molar-refractivity contribution < 1.29 is 12.8 Å². The standard InChI is InChI=1S/C13H15ClN2O3S/c1-9-3-5-11(19-9)8-16(2)20(17,18)13-6-4-10(14)7-12(13)15/h3-7H,8,15H2,1-2H3. The minimum absolute atomic E-state index is 0.0349. The van der Waals surface area contributed by atoms with Crippen LogP contribution >= 0.6 is 11.6 Å². The van der Waals surface area contributed by atoms with Crippen molar-refractivity contribution >= 4 is 27.3 Å². The van der Waals surface area contributed by atoms with Crippen molar-refractivity contribution in [3.05, 3.63) is 46.9 Å². The van der Waals surface area contributed by atoms with Crippen LogP contribution in [0.3, 0.4) is 0 Å². The average molecular weight is 315 g/mol. The van der Waals surface area contributed by atoms with Gasteiger partial charge in [-0.2, -0.15) is 4.31 Å². The van der Waals surface area contributed by atoms with Gasteiger partial charge in [-0.15, -0.1) is 0 Å². The van der Waals surface area contributed by atoms with E-state index in [9.17, 15) is 8.42 Å². The first kappa shape index (κ1) is 14.9. The SMILES string of the molecule is Cc1ccc(CN(C)S(=O)(=O)c2ccc(Cl)cc2N)o1. The fourth-order valence-corrected chi connectivity index (χ4v) is 3.21. The number of rotatable bonds is 4. The molecule has 0 radical (unpaired) electrons. The Bertz CT molecular complexity index is 725. The highest BCUT2D eigenvalue weighted by Crippen LogP contribution is 2.25. The van der Waals surface area contributed by atoms with Crippen LogP contribution in [0.1, 0.15) is 11.5 Å². The molecule has 0 amide bonds. The molecule has 0 saturated heterocycles. The van der Waals surface area contributed by atoms with Gasteiger partial charge in [0.15, 0.2) is 0 Å². The topological polar surface area (TPSA) is 76.5 Å². The van der Waals surface area contributed by atoms with Gasteiger partial charge >= 0.3 is 0 Å². The summed E-state index contributed by atoms with van der Waals surface area (Å²) >= 11 is 5.78. The molecule has 0 atom stereocenters. The largest absolute Gasteiger partial charge is 0.465 e. The molecular formula is C13H15ClN2O3S. The molecule has 0 bridgehead atoms. The van der Waals surface area contributed by atoms with Crippen LogP contribution in [0.2, 0.25) is 5.02 Å². The third-order valence-corrected chi connectivity index (χ3v) is 4.95. The fourth-order valence-electron chi connectivity index (χ4n) is 1.80. The molecule has 0 aliphatic carbocycles. The molecule has 0 aliphatic rings. The molecule has 2 N–H and O–H groups in total. The van der Waals surface area contributed by atoms with Crippen molar-refractivity contribution in [2.24, 2.45) is 0 Å². The lowest BCUT2D eigenvalue weighted by Crippen LogP contribution is -2.27. The van der Waals surface area contributed by atoms with Gasteiger partial charge in [-0.3, -0.25) is 0 Å². The molecular weight excluding hydrogens is 300 g/mol. The van der Waals surface area contributed by atoms with Gasteiger partial charge in [-0.05, 0) is 37.3 Å². The zero-order chi connectivity index (χ0) is 14.9. The summed E-state index contributed by atoms with van der Waals surface area (Å²) in [5.74, 6) is 1.30. The average Bonchev–Trinajstić information content (AvgIpc) is 2.74. The second kappa shape index (κ2) is 5.47. The lowest BCUT2D eigenvalue weighted by Gasteiger charge is -2.17. The van der Waals surface area contributed by atoms with Gasteiger partial charge in [0.05, 0.1) is 12.2 Å². The number of nitrogen functional groups attached to an aromatic ring is 1. The van der Waals surface area contributed by atoms with Crippen molar-refractivity contribution in [3.8, 4) is 0 Å². The van der Waals surface area contributed by atoms with Crippen molar-refractivity contribution in [2.75, 3.05) is 12.8 Å². The Labute approximate surface area is 123 Å². The number of furan rings is 1. The molecule has 2 rings (SSSR count). The molecule has 0 saturated carbocycles. The highest BCUT2D eigenvalue weighted by atomic mass is 35.5. The maximum atomic E-state index is 12.4. The van der Waals surface area contributed by atoms with E-state index >= 15 is 0 Å². The minimum Gasteiger partial charge on any atom is -0.465 e. The molecule has 0 fully saturated rings. The number of benzene rings is 1. The van der Waals surface area contributed by atoms with Crippen LogP contribution in [0, 0.1) is 6.92 Å². The third-order valence-electron chi connectivity index (χ3n) is 2.83. The van der Waals surface area contributed by atoms with E-state index in [-0.39, 0.29) is 17.1 Å².